The Morgan fingerprint density at radius 2 is 2.06 bits per heavy atom. The van der Waals surface area contributed by atoms with Crippen molar-refractivity contribution in [2.75, 3.05) is 14.2 Å². The Morgan fingerprint density at radius 3 is 2.81 bits per heavy atom. The normalized spacial score (nSPS) is 11.8. The van der Waals surface area contributed by atoms with Crippen LogP contribution < -0.4 is 0 Å². The van der Waals surface area contributed by atoms with Crippen LogP contribution in [0, 0.1) is 0 Å². The van der Waals surface area contributed by atoms with Crippen LogP contribution in [0.4, 0.5) is 0 Å². The maximum absolute atomic E-state index is 12.9. The van der Waals surface area contributed by atoms with Crippen LogP contribution >= 0.6 is 11.3 Å². The average molecular weight is 456 g/mol. The number of esters is 1. The summed E-state index contributed by atoms with van der Waals surface area (Å²) < 4.78 is 33.0. The Morgan fingerprint density at radius 1 is 1.23 bits per heavy atom. The van der Waals surface area contributed by atoms with Gasteiger partial charge >= 0.3 is 5.97 Å². The molecule has 0 bridgehead atoms. The highest BCUT2D eigenvalue weighted by Gasteiger charge is 2.27. The second-order valence-corrected chi connectivity index (χ2v) is 9.19. The van der Waals surface area contributed by atoms with E-state index in [2.05, 4.69) is 19.8 Å². The number of sulfonamides is 1. The number of hydrogen-bond acceptors (Lipinski definition) is 8. The van der Waals surface area contributed by atoms with E-state index in [0.29, 0.717) is 11.3 Å². The fraction of sp³-hybridized carbons (Fsp3) is 0.100. The van der Waals surface area contributed by atoms with Gasteiger partial charge in [0, 0.05) is 36.8 Å². The summed E-state index contributed by atoms with van der Waals surface area (Å²) in [6, 6.07) is 8.93. The SMILES string of the molecule is COC(=O)c1sccc1S(=O)(=O)N(C)/N=C/c1cnc2ccc(-c3cccnc3)cn12. The number of fused-ring (bicyclic) bond motifs is 1. The molecular formula is C20H17N5O4S2. The van der Waals surface area contributed by atoms with E-state index in [-0.39, 0.29) is 9.77 Å². The Kier molecular flexibility index (Phi) is 5.53. The van der Waals surface area contributed by atoms with Crippen molar-refractivity contribution in [1.82, 2.24) is 18.8 Å². The average Bonchev–Trinajstić information content (AvgIpc) is 3.45. The molecule has 4 aromatic rings. The van der Waals surface area contributed by atoms with Gasteiger partial charge in [-0.3, -0.25) is 9.38 Å². The third kappa shape index (κ3) is 3.92. The summed E-state index contributed by atoms with van der Waals surface area (Å²) in [7, 11) is -1.53. The van der Waals surface area contributed by atoms with E-state index in [1.807, 2.05) is 30.5 Å². The maximum atomic E-state index is 12.9. The molecule has 0 N–H and O–H groups in total. The zero-order chi connectivity index (χ0) is 22.0. The molecule has 0 unspecified atom stereocenters. The molecule has 0 atom stereocenters. The fourth-order valence-corrected chi connectivity index (χ4v) is 5.15. The van der Waals surface area contributed by atoms with E-state index >= 15 is 0 Å². The van der Waals surface area contributed by atoms with Crippen molar-refractivity contribution < 1.29 is 17.9 Å². The van der Waals surface area contributed by atoms with Crippen LogP contribution in [-0.2, 0) is 14.8 Å². The number of hydrazone groups is 1. The third-order valence-electron chi connectivity index (χ3n) is 4.51. The molecule has 0 spiro atoms. The number of nitrogens with zero attached hydrogens (tertiary/aromatic N) is 5. The molecule has 4 heterocycles. The van der Waals surface area contributed by atoms with Gasteiger partial charge in [-0.15, -0.1) is 11.3 Å². The molecule has 9 nitrogen and oxygen atoms in total. The van der Waals surface area contributed by atoms with Crippen molar-refractivity contribution >= 4 is 39.2 Å². The maximum Gasteiger partial charge on any atom is 0.349 e. The van der Waals surface area contributed by atoms with Gasteiger partial charge in [0.15, 0.2) is 0 Å². The van der Waals surface area contributed by atoms with E-state index in [4.69, 9.17) is 0 Å². The minimum Gasteiger partial charge on any atom is -0.465 e. The highest BCUT2D eigenvalue weighted by molar-refractivity contribution is 7.89. The van der Waals surface area contributed by atoms with Gasteiger partial charge in [-0.1, -0.05) is 6.07 Å². The topological polar surface area (TPSA) is 106 Å². The number of rotatable bonds is 6. The first-order valence-electron chi connectivity index (χ1n) is 8.98. The van der Waals surface area contributed by atoms with Crippen LogP contribution in [0.1, 0.15) is 15.4 Å². The van der Waals surface area contributed by atoms with Crippen molar-refractivity contribution in [3.05, 3.63) is 71.1 Å². The van der Waals surface area contributed by atoms with Crippen LogP contribution in [0.2, 0.25) is 0 Å². The Bertz CT molecular complexity index is 1380. The molecule has 31 heavy (non-hydrogen) atoms. The van der Waals surface area contributed by atoms with E-state index in [9.17, 15) is 13.2 Å². The van der Waals surface area contributed by atoms with Gasteiger partial charge < -0.3 is 4.74 Å². The Balaban J connectivity index is 1.65. The van der Waals surface area contributed by atoms with E-state index < -0.39 is 16.0 Å². The van der Waals surface area contributed by atoms with Gasteiger partial charge in [-0.25, -0.2) is 9.78 Å². The number of carbonyl (C=O) groups is 1. The van der Waals surface area contributed by atoms with Crippen molar-refractivity contribution in [1.29, 1.82) is 0 Å². The van der Waals surface area contributed by atoms with Crippen molar-refractivity contribution in [3.63, 3.8) is 0 Å². The Labute approximate surface area is 182 Å². The van der Waals surface area contributed by atoms with Crippen LogP contribution in [-0.4, -0.2) is 53.5 Å². The third-order valence-corrected chi connectivity index (χ3v) is 7.22. The lowest BCUT2D eigenvalue weighted by atomic mass is 10.1. The van der Waals surface area contributed by atoms with Gasteiger partial charge in [0.05, 0.1) is 25.2 Å². The van der Waals surface area contributed by atoms with Crippen molar-refractivity contribution in [2.45, 2.75) is 4.90 Å². The predicted octanol–water partition coefficient (Wildman–Crippen LogP) is 2.90. The van der Waals surface area contributed by atoms with Crippen LogP contribution in [0.15, 0.2) is 70.5 Å². The Hall–Kier alpha value is -3.57. The minimum atomic E-state index is -4.03. The zero-order valence-corrected chi connectivity index (χ0v) is 18.2. The molecule has 0 fully saturated rings. The number of hydrogen-bond donors (Lipinski definition) is 0. The molecule has 4 aromatic heterocycles. The van der Waals surface area contributed by atoms with Gasteiger partial charge in [0.1, 0.15) is 15.4 Å². The van der Waals surface area contributed by atoms with E-state index in [1.54, 1.807) is 23.0 Å². The zero-order valence-electron chi connectivity index (χ0n) is 16.5. The number of thiophene rings is 1. The van der Waals surface area contributed by atoms with Crippen LogP contribution in [0.25, 0.3) is 16.8 Å². The molecule has 0 amide bonds. The van der Waals surface area contributed by atoms with Gasteiger partial charge in [0.2, 0.25) is 0 Å². The fourth-order valence-electron chi connectivity index (χ4n) is 2.89. The standard InChI is InChI=1S/C20H17N5O4S2/c1-24(31(27,28)17-7-9-30-19(17)20(26)29-2)23-12-16-11-22-18-6-5-15(13-25(16)18)14-4-3-8-21-10-14/h3-13H,1-2H3/b23-12+. The number of carbonyl (C=O) groups excluding carboxylic acids is 1. The highest BCUT2D eigenvalue weighted by atomic mass is 32.2. The number of methoxy groups -OCH3 is 1. The minimum absolute atomic E-state index is 0.000431. The molecule has 0 saturated heterocycles. The van der Waals surface area contributed by atoms with Gasteiger partial charge in [-0.05, 0) is 29.6 Å². The smallest absolute Gasteiger partial charge is 0.349 e. The molecule has 4 rings (SSSR count). The molecule has 11 heteroatoms. The summed E-state index contributed by atoms with van der Waals surface area (Å²) in [6.45, 7) is 0. The van der Waals surface area contributed by atoms with E-state index in [0.717, 1.165) is 26.9 Å². The summed E-state index contributed by atoms with van der Waals surface area (Å²) in [4.78, 5) is 20.2. The first-order chi connectivity index (χ1) is 14.9. The summed E-state index contributed by atoms with van der Waals surface area (Å²) in [5.74, 6) is -0.712. The second kappa shape index (κ2) is 8.28. The quantitative estimate of drug-likeness (QED) is 0.251. The molecule has 158 valence electrons. The van der Waals surface area contributed by atoms with Gasteiger partial charge in [0.25, 0.3) is 10.0 Å². The number of imidazole rings is 1. The molecule has 0 aliphatic rings. The number of aromatic nitrogens is 3. The number of pyridine rings is 2. The highest BCUT2D eigenvalue weighted by Crippen LogP contribution is 2.25. The molecule has 0 saturated carbocycles. The molecule has 0 aromatic carbocycles. The lowest BCUT2D eigenvalue weighted by Gasteiger charge is -2.13. The molecule has 0 radical (unpaired) electrons. The van der Waals surface area contributed by atoms with Crippen molar-refractivity contribution in [3.8, 4) is 11.1 Å². The lowest BCUT2D eigenvalue weighted by Crippen LogP contribution is -2.23. The summed E-state index contributed by atoms with van der Waals surface area (Å²) in [5.41, 5.74) is 3.13. The monoisotopic (exact) mass is 455 g/mol. The van der Waals surface area contributed by atoms with Crippen LogP contribution in [0.5, 0.6) is 0 Å². The van der Waals surface area contributed by atoms with Crippen molar-refractivity contribution in [2.24, 2.45) is 5.10 Å². The predicted molar refractivity (Wildman–Crippen MR) is 117 cm³/mol. The summed E-state index contributed by atoms with van der Waals surface area (Å²) in [5, 5.41) is 5.59. The summed E-state index contributed by atoms with van der Waals surface area (Å²) >= 11 is 0.992. The number of ether oxygens (including phenoxy) is 1. The lowest BCUT2D eigenvalue weighted by molar-refractivity contribution is 0.0602. The molecule has 0 aliphatic carbocycles. The first-order valence-corrected chi connectivity index (χ1v) is 11.3. The molecular weight excluding hydrogens is 438 g/mol. The largest absolute Gasteiger partial charge is 0.465 e. The van der Waals surface area contributed by atoms with E-state index in [1.165, 1.54) is 31.8 Å². The van der Waals surface area contributed by atoms with Gasteiger partial charge in [-0.2, -0.15) is 17.9 Å². The summed E-state index contributed by atoms with van der Waals surface area (Å²) in [6.07, 6.45) is 8.33. The first kappa shape index (κ1) is 20.7. The van der Waals surface area contributed by atoms with Crippen LogP contribution in [0.3, 0.4) is 0 Å². The second-order valence-electron chi connectivity index (χ2n) is 6.36. The molecule has 0 aliphatic heterocycles.